The second-order valence-electron chi connectivity index (χ2n) is 7.12. The van der Waals surface area contributed by atoms with Crippen molar-refractivity contribution < 1.29 is 18.4 Å². The minimum Gasteiger partial charge on any atom is -0.367 e. The number of amides is 1. The first-order valence-electron chi connectivity index (χ1n) is 9.68. The molecule has 6 nitrogen and oxygen atoms in total. The first kappa shape index (κ1) is 19.3. The van der Waals surface area contributed by atoms with E-state index in [4.69, 9.17) is 9.26 Å². The zero-order chi connectivity index (χ0) is 20.1. The molecule has 1 aliphatic heterocycles. The lowest BCUT2D eigenvalue weighted by atomic mass is 9.98. The van der Waals surface area contributed by atoms with Crippen LogP contribution >= 0.6 is 0 Å². The Morgan fingerprint density at radius 2 is 1.97 bits per heavy atom. The predicted octanol–water partition coefficient (Wildman–Crippen LogP) is 3.80. The molecular weight excluding hydrogens is 373 g/mol. The van der Waals surface area contributed by atoms with Crippen molar-refractivity contribution >= 4 is 5.91 Å². The zero-order valence-corrected chi connectivity index (χ0v) is 16.0. The quantitative estimate of drug-likeness (QED) is 0.635. The van der Waals surface area contributed by atoms with Crippen LogP contribution in [0.15, 0.2) is 59.1 Å². The van der Waals surface area contributed by atoms with Gasteiger partial charge in [0.2, 0.25) is 17.6 Å². The van der Waals surface area contributed by atoms with Gasteiger partial charge in [-0.05, 0) is 42.7 Å². The van der Waals surface area contributed by atoms with Gasteiger partial charge < -0.3 is 14.2 Å². The summed E-state index contributed by atoms with van der Waals surface area (Å²) in [6.45, 7) is 1.68. The van der Waals surface area contributed by atoms with Crippen LogP contribution < -0.4 is 0 Å². The van der Waals surface area contributed by atoms with Crippen LogP contribution in [0.2, 0.25) is 0 Å². The monoisotopic (exact) mass is 395 g/mol. The summed E-state index contributed by atoms with van der Waals surface area (Å²) in [6, 6.07) is 15.7. The summed E-state index contributed by atoms with van der Waals surface area (Å²) in [5.41, 5.74) is 1.73. The van der Waals surface area contributed by atoms with E-state index in [1.54, 1.807) is 17.0 Å². The first-order chi connectivity index (χ1) is 14.2. The van der Waals surface area contributed by atoms with Crippen LogP contribution in [0.25, 0.3) is 11.4 Å². The molecule has 7 heteroatoms. The highest BCUT2D eigenvalue weighted by atomic mass is 19.1. The average Bonchev–Trinajstić information content (AvgIpc) is 3.25. The summed E-state index contributed by atoms with van der Waals surface area (Å²) in [5, 5.41) is 4.01. The molecule has 0 bridgehead atoms. The fourth-order valence-corrected chi connectivity index (χ4v) is 3.44. The number of likely N-dealkylation sites (tertiary alicyclic amines) is 1. The third-order valence-electron chi connectivity index (χ3n) is 5.00. The van der Waals surface area contributed by atoms with Crippen LogP contribution in [0.1, 0.15) is 30.2 Å². The molecule has 150 valence electrons. The number of ether oxygens (including phenoxy) is 1. The Hall–Kier alpha value is -3.06. The Labute approximate surface area is 168 Å². The van der Waals surface area contributed by atoms with E-state index >= 15 is 0 Å². The van der Waals surface area contributed by atoms with Gasteiger partial charge in [-0.2, -0.15) is 4.98 Å². The van der Waals surface area contributed by atoms with Crippen LogP contribution in [0.5, 0.6) is 0 Å². The summed E-state index contributed by atoms with van der Waals surface area (Å²) < 4.78 is 24.1. The molecule has 1 amide bonds. The van der Waals surface area contributed by atoms with E-state index < -0.39 is 0 Å². The van der Waals surface area contributed by atoms with Gasteiger partial charge in [0, 0.05) is 18.7 Å². The number of piperidine rings is 1. The summed E-state index contributed by atoms with van der Waals surface area (Å²) in [7, 11) is 0. The summed E-state index contributed by atoms with van der Waals surface area (Å²) in [5.74, 6) is 0.572. The van der Waals surface area contributed by atoms with Crippen molar-refractivity contribution in [2.24, 2.45) is 0 Å². The number of carbonyl (C=O) groups is 1. The number of nitrogens with zero attached hydrogens (tertiary/aromatic N) is 3. The number of hydrogen-bond acceptors (Lipinski definition) is 5. The third kappa shape index (κ3) is 4.86. The lowest BCUT2D eigenvalue weighted by Crippen LogP contribution is -2.41. The topological polar surface area (TPSA) is 68.5 Å². The number of aromatic nitrogens is 2. The van der Waals surface area contributed by atoms with Crippen molar-refractivity contribution in [2.75, 3.05) is 19.7 Å². The molecule has 2 aromatic carbocycles. The molecule has 3 aromatic rings. The Morgan fingerprint density at radius 3 is 2.76 bits per heavy atom. The molecule has 1 atom stereocenters. The highest BCUT2D eigenvalue weighted by Gasteiger charge is 2.28. The molecule has 1 unspecified atom stereocenters. The van der Waals surface area contributed by atoms with Gasteiger partial charge in [-0.3, -0.25) is 4.79 Å². The second-order valence-corrected chi connectivity index (χ2v) is 7.12. The van der Waals surface area contributed by atoms with Gasteiger partial charge in [-0.15, -0.1) is 0 Å². The highest BCUT2D eigenvalue weighted by Crippen LogP contribution is 2.27. The van der Waals surface area contributed by atoms with Crippen molar-refractivity contribution in [3.05, 3.63) is 71.9 Å². The van der Waals surface area contributed by atoms with Crippen LogP contribution in [0, 0.1) is 5.82 Å². The minimum absolute atomic E-state index is 0.0106. The number of benzene rings is 2. The van der Waals surface area contributed by atoms with E-state index in [2.05, 4.69) is 10.1 Å². The lowest BCUT2D eigenvalue weighted by molar-refractivity contribution is -0.137. The third-order valence-corrected chi connectivity index (χ3v) is 5.00. The molecule has 1 saturated heterocycles. The SMILES string of the molecule is O=C(COCc1ccccc1)N1CCCC(c2nc(-c3ccc(F)cc3)no2)C1. The van der Waals surface area contributed by atoms with Gasteiger partial charge >= 0.3 is 0 Å². The number of carbonyl (C=O) groups excluding carboxylic acids is 1. The van der Waals surface area contributed by atoms with Crippen LogP contribution in [-0.2, 0) is 16.1 Å². The maximum absolute atomic E-state index is 13.1. The summed E-state index contributed by atoms with van der Waals surface area (Å²) in [4.78, 5) is 18.8. The Morgan fingerprint density at radius 1 is 1.17 bits per heavy atom. The number of hydrogen-bond donors (Lipinski definition) is 0. The van der Waals surface area contributed by atoms with E-state index in [1.807, 2.05) is 30.3 Å². The molecule has 2 heterocycles. The normalized spacial score (nSPS) is 16.7. The highest BCUT2D eigenvalue weighted by molar-refractivity contribution is 5.77. The molecule has 1 aromatic heterocycles. The van der Waals surface area contributed by atoms with Crippen LogP contribution in [0.4, 0.5) is 4.39 Å². The van der Waals surface area contributed by atoms with Gasteiger partial charge in [0.05, 0.1) is 12.5 Å². The fourth-order valence-electron chi connectivity index (χ4n) is 3.44. The van der Waals surface area contributed by atoms with Gasteiger partial charge in [-0.1, -0.05) is 35.5 Å². The maximum Gasteiger partial charge on any atom is 0.248 e. The number of rotatable bonds is 6. The zero-order valence-electron chi connectivity index (χ0n) is 16.0. The fraction of sp³-hybridized carbons (Fsp3) is 0.318. The van der Waals surface area contributed by atoms with Crippen molar-refractivity contribution in [1.29, 1.82) is 0 Å². The van der Waals surface area contributed by atoms with Gasteiger partial charge in [0.1, 0.15) is 12.4 Å². The Kier molecular flexibility index (Phi) is 5.95. The predicted molar refractivity (Wildman–Crippen MR) is 104 cm³/mol. The molecule has 1 aliphatic rings. The molecule has 0 aliphatic carbocycles. The van der Waals surface area contributed by atoms with E-state index in [-0.39, 0.29) is 24.2 Å². The average molecular weight is 395 g/mol. The van der Waals surface area contributed by atoms with Gasteiger partial charge in [-0.25, -0.2) is 4.39 Å². The van der Waals surface area contributed by atoms with Gasteiger partial charge in [0.15, 0.2) is 0 Å². The van der Waals surface area contributed by atoms with Crippen molar-refractivity contribution in [1.82, 2.24) is 15.0 Å². The smallest absolute Gasteiger partial charge is 0.248 e. The van der Waals surface area contributed by atoms with Gasteiger partial charge in [0.25, 0.3) is 0 Å². The second kappa shape index (κ2) is 8.96. The molecule has 0 saturated carbocycles. The first-order valence-corrected chi connectivity index (χ1v) is 9.68. The summed E-state index contributed by atoms with van der Waals surface area (Å²) >= 11 is 0. The molecule has 1 fully saturated rings. The van der Waals surface area contributed by atoms with E-state index in [1.165, 1.54) is 12.1 Å². The summed E-state index contributed by atoms with van der Waals surface area (Å²) in [6.07, 6.45) is 1.74. The standard InChI is InChI=1S/C22H22FN3O3/c23-19-10-8-17(9-11-19)21-24-22(29-25-21)18-7-4-12-26(13-18)20(27)15-28-14-16-5-2-1-3-6-16/h1-3,5-6,8-11,18H,4,7,12-15H2. The van der Waals surface area contributed by atoms with Crippen molar-refractivity contribution in [2.45, 2.75) is 25.4 Å². The van der Waals surface area contributed by atoms with E-state index in [0.717, 1.165) is 18.4 Å². The minimum atomic E-state index is -0.312. The molecular formula is C22H22FN3O3. The molecule has 4 rings (SSSR count). The molecule has 0 radical (unpaired) electrons. The van der Waals surface area contributed by atoms with E-state index in [9.17, 15) is 9.18 Å². The Balaban J connectivity index is 1.33. The molecule has 0 N–H and O–H groups in total. The largest absolute Gasteiger partial charge is 0.367 e. The molecule has 0 spiro atoms. The Bertz CT molecular complexity index is 943. The van der Waals surface area contributed by atoms with Crippen LogP contribution in [-0.4, -0.2) is 40.6 Å². The lowest BCUT2D eigenvalue weighted by Gasteiger charge is -2.31. The number of halogens is 1. The van der Waals surface area contributed by atoms with Crippen molar-refractivity contribution in [3.63, 3.8) is 0 Å². The molecule has 29 heavy (non-hydrogen) atoms. The maximum atomic E-state index is 13.1. The van der Waals surface area contributed by atoms with Crippen LogP contribution in [0.3, 0.4) is 0 Å². The van der Waals surface area contributed by atoms with Crippen molar-refractivity contribution in [3.8, 4) is 11.4 Å². The van der Waals surface area contributed by atoms with E-state index in [0.29, 0.717) is 37.0 Å².